The molecule has 2 N–H and O–H groups in total. The number of rotatable bonds is 2. The van der Waals surface area contributed by atoms with E-state index in [1.54, 1.807) is 0 Å². The summed E-state index contributed by atoms with van der Waals surface area (Å²) in [6.07, 6.45) is 0. The summed E-state index contributed by atoms with van der Waals surface area (Å²) in [4.78, 5) is 0. The highest BCUT2D eigenvalue weighted by molar-refractivity contribution is 9.10. The largest absolute Gasteiger partial charge is 0.320 e. The average Bonchev–Trinajstić information content (AvgIpc) is 2.31. The van der Waals surface area contributed by atoms with Crippen LogP contribution in [0.4, 0.5) is 4.39 Å². The van der Waals surface area contributed by atoms with Crippen molar-refractivity contribution >= 4 is 15.9 Å². The topological polar surface area (TPSA) is 26.0 Å². The molecule has 0 spiro atoms. The zero-order valence-electron chi connectivity index (χ0n) is 11.3. The van der Waals surface area contributed by atoms with E-state index in [1.165, 1.54) is 23.3 Å². The van der Waals surface area contributed by atoms with E-state index in [0.717, 1.165) is 16.7 Å². The Bertz CT molecular complexity index is 602. The number of hydrogen-bond donors (Lipinski definition) is 1. The van der Waals surface area contributed by atoms with Crippen LogP contribution in [0.15, 0.2) is 34.8 Å². The Kier molecular flexibility index (Phi) is 4.07. The van der Waals surface area contributed by atoms with Crippen LogP contribution in [0.3, 0.4) is 0 Å². The molecule has 0 saturated carbocycles. The van der Waals surface area contributed by atoms with Crippen LogP contribution in [0, 0.1) is 26.6 Å². The lowest BCUT2D eigenvalue weighted by atomic mass is 9.92. The highest BCUT2D eigenvalue weighted by Crippen LogP contribution is 2.27. The fourth-order valence-electron chi connectivity index (χ4n) is 2.25. The highest BCUT2D eigenvalue weighted by Gasteiger charge is 2.14. The van der Waals surface area contributed by atoms with Crippen molar-refractivity contribution in [3.63, 3.8) is 0 Å². The molecule has 2 aromatic rings. The van der Waals surface area contributed by atoms with Crippen LogP contribution in [0.2, 0.25) is 0 Å². The maximum absolute atomic E-state index is 13.5. The molecule has 2 rings (SSSR count). The van der Waals surface area contributed by atoms with Gasteiger partial charge in [0.1, 0.15) is 5.82 Å². The molecule has 0 aliphatic heterocycles. The molecule has 0 amide bonds. The number of halogens is 2. The standard InChI is InChI=1S/C16H17BrFN/c1-9-4-11(3)15(5-10(9)2)16(19)12-6-13(17)8-14(18)7-12/h4-8,16H,19H2,1-3H3. The zero-order valence-corrected chi connectivity index (χ0v) is 12.9. The molecule has 0 bridgehead atoms. The van der Waals surface area contributed by atoms with E-state index in [0.29, 0.717) is 4.47 Å². The molecule has 0 fully saturated rings. The Hall–Kier alpha value is -1.19. The molecule has 0 aromatic heterocycles. The van der Waals surface area contributed by atoms with Gasteiger partial charge in [-0.2, -0.15) is 0 Å². The lowest BCUT2D eigenvalue weighted by Crippen LogP contribution is -2.14. The Balaban J connectivity index is 2.49. The summed E-state index contributed by atoms with van der Waals surface area (Å²) in [5.74, 6) is -0.277. The summed E-state index contributed by atoms with van der Waals surface area (Å²) in [5.41, 5.74) is 11.7. The summed E-state index contributed by atoms with van der Waals surface area (Å²) >= 11 is 3.30. The third-order valence-corrected chi connectivity index (χ3v) is 3.92. The van der Waals surface area contributed by atoms with Gasteiger partial charge in [-0.3, -0.25) is 0 Å². The van der Waals surface area contributed by atoms with Gasteiger partial charge in [0, 0.05) is 4.47 Å². The van der Waals surface area contributed by atoms with Gasteiger partial charge in [0.25, 0.3) is 0 Å². The van der Waals surface area contributed by atoms with Crippen LogP contribution in [0.25, 0.3) is 0 Å². The van der Waals surface area contributed by atoms with E-state index in [-0.39, 0.29) is 11.9 Å². The van der Waals surface area contributed by atoms with E-state index >= 15 is 0 Å². The van der Waals surface area contributed by atoms with Crippen molar-refractivity contribution < 1.29 is 4.39 Å². The van der Waals surface area contributed by atoms with Crippen molar-refractivity contribution in [3.05, 3.63) is 68.4 Å². The van der Waals surface area contributed by atoms with Gasteiger partial charge in [-0.05, 0) is 66.8 Å². The van der Waals surface area contributed by atoms with Crippen LogP contribution in [0.5, 0.6) is 0 Å². The van der Waals surface area contributed by atoms with Gasteiger partial charge >= 0.3 is 0 Å². The van der Waals surface area contributed by atoms with Crippen LogP contribution < -0.4 is 5.73 Å². The minimum atomic E-state index is -0.314. The third kappa shape index (κ3) is 3.04. The van der Waals surface area contributed by atoms with E-state index in [1.807, 2.05) is 13.0 Å². The van der Waals surface area contributed by atoms with Crippen molar-refractivity contribution in [3.8, 4) is 0 Å². The first-order valence-electron chi connectivity index (χ1n) is 6.18. The summed E-state index contributed by atoms with van der Waals surface area (Å²) < 4.78 is 14.2. The predicted molar refractivity (Wildman–Crippen MR) is 80.8 cm³/mol. The molecule has 1 unspecified atom stereocenters. The van der Waals surface area contributed by atoms with Gasteiger partial charge in [-0.25, -0.2) is 4.39 Å². The van der Waals surface area contributed by atoms with Crippen molar-refractivity contribution in [1.82, 2.24) is 0 Å². The van der Waals surface area contributed by atoms with Crippen LogP contribution in [-0.2, 0) is 0 Å². The van der Waals surface area contributed by atoms with Gasteiger partial charge < -0.3 is 5.73 Å². The number of aryl methyl sites for hydroxylation is 3. The fraction of sp³-hybridized carbons (Fsp3) is 0.250. The molecule has 0 heterocycles. The molecule has 19 heavy (non-hydrogen) atoms. The quantitative estimate of drug-likeness (QED) is 0.862. The maximum Gasteiger partial charge on any atom is 0.124 e. The smallest absolute Gasteiger partial charge is 0.124 e. The average molecular weight is 322 g/mol. The minimum absolute atomic E-state index is 0.277. The predicted octanol–water partition coefficient (Wildman–Crippen LogP) is 4.56. The molecule has 0 aliphatic carbocycles. The van der Waals surface area contributed by atoms with Crippen molar-refractivity contribution in [2.24, 2.45) is 5.73 Å². The lowest BCUT2D eigenvalue weighted by Gasteiger charge is -2.17. The first kappa shape index (κ1) is 14.2. The molecule has 1 atom stereocenters. The van der Waals surface area contributed by atoms with Crippen LogP contribution >= 0.6 is 15.9 Å². The van der Waals surface area contributed by atoms with Crippen molar-refractivity contribution in [2.45, 2.75) is 26.8 Å². The van der Waals surface area contributed by atoms with E-state index in [9.17, 15) is 4.39 Å². The molecule has 3 heteroatoms. The second-order valence-corrected chi connectivity index (χ2v) is 5.89. The van der Waals surface area contributed by atoms with Crippen molar-refractivity contribution in [2.75, 3.05) is 0 Å². The molecule has 0 radical (unpaired) electrons. The Morgan fingerprint density at radius 2 is 1.58 bits per heavy atom. The van der Waals surface area contributed by atoms with Crippen molar-refractivity contribution in [1.29, 1.82) is 0 Å². The minimum Gasteiger partial charge on any atom is -0.320 e. The number of benzene rings is 2. The summed E-state index contributed by atoms with van der Waals surface area (Å²) in [5, 5.41) is 0. The fourth-order valence-corrected chi connectivity index (χ4v) is 2.74. The maximum atomic E-state index is 13.5. The molecule has 100 valence electrons. The van der Waals surface area contributed by atoms with Gasteiger partial charge in [0.2, 0.25) is 0 Å². The van der Waals surface area contributed by atoms with Gasteiger partial charge in [0.05, 0.1) is 6.04 Å². The van der Waals surface area contributed by atoms with Gasteiger partial charge in [-0.1, -0.05) is 28.1 Å². The first-order valence-corrected chi connectivity index (χ1v) is 6.97. The Morgan fingerprint density at radius 3 is 2.21 bits per heavy atom. The second-order valence-electron chi connectivity index (χ2n) is 4.97. The molecular formula is C16H17BrFN. The summed E-state index contributed by atoms with van der Waals surface area (Å²) in [6.45, 7) is 6.18. The van der Waals surface area contributed by atoms with Gasteiger partial charge in [0.15, 0.2) is 0 Å². The zero-order chi connectivity index (χ0) is 14.2. The SMILES string of the molecule is Cc1cc(C)c(C(N)c2cc(F)cc(Br)c2)cc1C. The number of nitrogens with two attached hydrogens (primary N) is 1. The van der Waals surface area contributed by atoms with E-state index < -0.39 is 0 Å². The highest BCUT2D eigenvalue weighted by atomic mass is 79.9. The van der Waals surface area contributed by atoms with Crippen LogP contribution in [0.1, 0.15) is 33.9 Å². The molecule has 1 nitrogen and oxygen atoms in total. The summed E-state index contributed by atoms with van der Waals surface area (Å²) in [6, 6.07) is 8.69. The molecule has 0 aliphatic rings. The Labute approximate surface area is 121 Å². The third-order valence-electron chi connectivity index (χ3n) is 3.46. The van der Waals surface area contributed by atoms with Crippen LogP contribution in [-0.4, -0.2) is 0 Å². The second kappa shape index (κ2) is 5.43. The normalized spacial score (nSPS) is 12.5. The van der Waals surface area contributed by atoms with Gasteiger partial charge in [-0.15, -0.1) is 0 Å². The first-order chi connectivity index (χ1) is 8.88. The monoisotopic (exact) mass is 321 g/mol. The molecule has 2 aromatic carbocycles. The molecular weight excluding hydrogens is 305 g/mol. The lowest BCUT2D eigenvalue weighted by molar-refractivity contribution is 0.622. The summed E-state index contributed by atoms with van der Waals surface area (Å²) in [7, 11) is 0. The van der Waals surface area contributed by atoms with E-state index in [2.05, 4.69) is 41.9 Å². The Morgan fingerprint density at radius 1 is 0.947 bits per heavy atom. The van der Waals surface area contributed by atoms with E-state index in [4.69, 9.17) is 5.73 Å². The number of hydrogen-bond acceptors (Lipinski definition) is 1. The molecule has 0 saturated heterocycles.